The van der Waals surface area contributed by atoms with Crippen molar-refractivity contribution in [1.82, 2.24) is 5.43 Å². The molecule has 0 saturated heterocycles. The van der Waals surface area contributed by atoms with Gasteiger partial charge in [0.05, 0.1) is 10.2 Å². The Bertz CT molecular complexity index is 857. The Hall–Kier alpha value is -2.25. The van der Waals surface area contributed by atoms with Crippen LogP contribution >= 0.6 is 27.5 Å². The first-order chi connectivity index (χ1) is 12.5. The smallest absolute Gasteiger partial charge is 0.277 e. The number of carbonyl (C=O) groups is 1. The summed E-state index contributed by atoms with van der Waals surface area (Å²) < 4.78 is 17.1. The molecule has 0 fully saturated rings. The SMILES string of the molecule is C/C(=N\NC(=O)COc1ccc(Cl)cc1Br)c1ccc2c(c1)OCCO2. The summed E-state index contributed by atoms with van der Waals surface area (Å²) in [5.74, 6) is 1.53. The van der Waals surface area contributed by atoms with E-state index in [4.69, 9.17) is 25.8 Å². The zero-order chi connectivity index (χ0) is 18.5. The normalized spacial score (nSPS) is 13.3. The molecule has 0 saturated carbocycles. The molecule has 6 nitrogen and oxygen atoms in total. The molecule has 2 aromatic carbocycles. The number of nitrogens with zero attached hydrogens (tertiary/aromatic N) is 1. The lowest BCUT2D eigenvalue weighted by Gasteiger charge is -2.18. The second kappa shape index (κ2) is 8.42. The summed E-state index contributed by atoms with van der Waals surface area (Å²) in [5, 5.41) is 4.68. The van der Waals surface area contributed by atoms with Crippen molar-refractivity contribution < 1.29 is 19.0 Å². The zero-order valence-corrected chi connectivity index (χ0v) is 16.3. The largest absolute Gasteiger partial charge is 0.486 e. The van der Waals surface area contributed by atoms with Crippen LogP contribution in [0.5, 0.6) is 17.2 Å². The van der Waals surface area contributed by atoms with Crippen LogP contribution in [0.4, 0.5) is 0 Å². The van der Waals surface area contributed by atoms with Crippen LogP contribution in [0.2, 0.25) is 5.02 Å². The highest BCUT2D eigenvalue weighted by Gasteiger charge is 2.13. The number of rotatable bonds is 5. The molecule has 136 valence electrons. The second-order valence-corrected chi connectivity index (χ2v) is 6.74. The van der Waals surface area contributed by atoms with E-state index in [2.05, 4.69) is 26.5 Å². The minimum Gasteiger partial charge on any atom is -0.486 e. The molecule has 1 N–H and O–H groups in total. The summed E-state index contributed by atoms with van der Waals surface area (Å²) >= 11 is 9.20. The van der Waals surface area contributed by atoms with Gasteiger partial charge in [0.1, 0.15) is 19.0 Å². The quantitative estimate of drug-likeness (QED) is 0.568. The first kappa shape index (κ1) is 18.5. The molecule has 0 unspecified atom stereocenters. The van der Waals surface area contributed by atoms with Crippen LogP contribution in [-0.4, -0.2) is 31.4 Å². The number of hydrogen-bond acceptors (Lipinski definition) is 5. The molecule has 0 aliphatic carbocycles. The number of amides is 1. The first-order valence-electron chi connectivity index (χ1n) is 7.84. The maximum atomic E-state index is 11.9. The Balaban J connectivity index is 1.57. The van der Waals surface area contributed by atoms with Crippen molar-refractivity contribution in [1.29, 1.82) is 0 Å². The number of fused-ring (bicyclic) bond motifs is 1. The number of nitrogens with one attached hydrogen (secondary N) is 1. The number of carbonyl (C=O) groups excluding carboxylic acids is 1. The molecule has 0 radical (unpaired) electrons. The Kier molecular flexibility index (Phi) is 6.00. The van der Waals surface area contributed by atoms with Crippen molar-refractivity contribution in [3.63, 3.8) is 0 Å². The average Bonchev–Trinajstić information content (AvgIpc) is 2.65. The Labute approximate surface area is 164 Å². The van der Waals surface area contributed by atoms with Crippen LogP contribution in [0, 0.1) is 0 Å². The summed E-state index contributed by atoms with van der Waals surface area (Å²) in [4.78, 5) is 11.9. The van der Waals surface area contributed by atoms with Crippen LogP contribution in [-0.2, 0) is 4.79 Å². The summed E-state index contributed by atoms with van der Waals surface area (Å²) in [6, 6.07) is 10.6. The molecule has 2 aromatic rings. The average molecular weight is 440 g/mol. The van der Waals surface area contributed by atoms with Crippen molar-refractivity contribution in [3.05, 3.63) is 51.5 Å². The third-order valence-corrected chi connectivity index (χ3v) is 4.42. The van der Waals surface area contributed by atoms with Gasteiger partial charge in [-0.05, 0) is 59.3 Å². The van der Waals surface area contributed by atoms with Crippen molar-refractivity contribution in [2.75, 3.05) is 19.8 Å². The third kappa shape index (κ3) is 4.68. The van der Waals surface area contributed by atoms with Gasteiger partial charge in [-0.15, -0.1) is 0 Å². The van der Waals surface area contributed by atoms with Crippen LogP contribution in [0.25, 0.3) is 0 Å². The molecule has 0 atom stereocenters. The van der Waals surface area contributed by atoms with Crippen molar-refractivity contribution >= 4 is 39.1 Å². The lowest BCUT2D eigenvalue weighted by molar-refractivity contribution is -0.123. The van der Waals surface area contributed by atoms with Crippen molar-refractivity contribution in [3.8, 4) is 17.2 Å². The van der Waals surface area contributed by atoms with Gasteiger partial charge in [0, 0.05) is 10.6 Å². The highest BCUT2D eigenvalue weighted by Crippen LogP contribution is 2.31. The van der Waals surface area contributed by atoms with E-state index < -0.39 is 0 Å². The molecule has 1 heterocycles. The standard InChI is InChI=1S/C18H16BrClN2O4/c1-11(12-2-4-16-17(8-12)25-7-6-24-16)21-22-18(23)10-26-15-5-3-13(20)9-14(15)19/h2-5,8-9H,6-7,10H2,1H3,(H,22,23)/b21-11+. The lowest BCUT2D eigenvalue weighted by atomic mass is 10.1. The third-order valence-electron chi connectivity index (χ3n) is 3.56. The summed E-state index contributed by atoms with van der Waals surface area (Å²) in [7, 11) is 0. The minimum absolute atomic E-state index is 0.169. The molecule has 1 amide bonds. The number of ether oxygens (including phenoxy) is 3. The van der Waals surface area contributed by atoms with Crippen LogP contribution in [0.1, 0.15) is 12.5 Å². The Morgan fingerprint density at radius 3 is 2.77 bits per heavy atom. The molecular weight excluding hydrogens is 424 g/mol. The van der Waals surface area contributed by atoms with Gasteiger partial charge >= 0.3 is 0 Å². The molecule has 1 aliphatic rings. The predicted molar refractivity (Wildman–Crippen MR) is 102 cm³/mol. The number of hydrogen-bond donors (Lipinski definition) is 1. The topological polar surface area (TPSA) is 69.2 Å². The maximum Gasteiger partial charge on any atom is 0.277 e. The monoisotopic (exact) mass is 438 g/mol. The highest BCUT2D eigenvalue weighted by molar-refractivity contribution is 9.10. The molecule has 0 bridgehead atoms. The van der Waals surface area contributed by atoms with E-state index in [1.807, 2.05) is 18.2 Å². The van der Waals surface area contributed by atoms with E-state index in [0.29, 0.717) is 45.7 Å². The lowest BCUT2D eigenvalue weighted by Crippen LogP contribution is -2.25. The Morgan fingerprint density at radius 2 is 2.00 bits per heavy atom. The molecule has 8 heteroatoms. The van der Waals surface area contributed by atoms with Gasteiger partial charge < -0.3 is 14.2 Å². The number of benzene rings is 2. The predicted octanol–water partition coefficient (Wildman–Crippen LogP) is 3.79. The van der Waals surface area contributed by atoms with Gasteiger partial charge in [-0.3, -0.25) is 4.79 Å². The molecule has 26 heavy (non-hydrogen) atoms. The second-order valence-electron chi connectivity index (χ2n) is 5.45. The van der Waals surface area contributed by atoms with Crippen LogP contribution < -0.4 is 19.6 Å². The van der Waals surface area contributed by atoms with Crippen molar-refractivity contribution in [2.24, 2.45) is 5.10 Å². The molecule has 1 aliphatic heterocycles. The van der Waals surface area contributed by atoms with Crippen LogP contribution in [0.15, 0.2) is 46.0 Å². The van der Waals surface area contributed by atoms with E-state index in [-0.39, 0.29) is 12.5 Å². The molecule has 3 rings (SSSR count). The fourth-order valence-electron chi connectivity index (χ4n) is 2.25. The van der Waals surface area contributed by atoms with E-state index in [1.54, 1.807) is 25.1 Å². The van der Waals surface area contributed by atoms with E-state index in [9.17, 15) is 4.79 Å². The zero-order valence-electron chi connectivity index (χ0n) is 13.9. The summed E-state index contributed by atoms with van der Waals surface area (Å²) in [6.45, 7) is 2.68. The minimum atomic E-state index is -0.372. The Morgan fingerprint density at radius 1 is 1.23 bits per heavy atom. The van der Waals surface area contributed by atoms with Gasteiger partial charge in [0.25, 0.3) is 5.91 Å². The van der Waals surface area contributed by atoms with Crippen molar-refractivity contribution in [2.45, 2.75) is 6.92 Å². The van der Waals surface area contributed by atoms with Gasteiger partial charge in [-0.2, -0.15) is 5.10 Å². The number of halogens is 2. The molecular formula is C18H16BrClN2O4. The highest BCUT2D eigenvalue weighted by atomic mass is 79.9. The first-order valence-corrected chi connectivity index (χ1v) is 9.01. The fraction of sp³-hybridized carbons (Fsp3) is 0.222. The van der Waals surface area contributed by atoms with Gasteiger partial charge in [0.2, 0.25) is 0 Å². The summed E-state index contributed by atoms with van der Waals surface area (Å²) in [5.41, 5.74) is 3.94. The maximum absolute atomic E-state index is 11.9. The fourth-order valence-corrected chi connectivity index (χ4v) is 3.04. The number of hydrazone groups is 1. The molecule has 0 spiro atoms. The van der Waals surface area contributed by atoms with E-state index in [1.165, 1.54) is 0 Å². The van der Waals surface area contributed by atoms with Crippen LogP contribution in [0.3, 0.4) is 0 Å². The van der Waals surface area contributed by atoms with Gasteiger partial charge in [0.15, 0.2) is 18.1 Å². The molecule has 0 aromatic heterocycles. The van der Waals surface area contributed by atoms with Gasteiger partial charge in [-0.1, -0.05) is 11.6 Å². The van der Waals surface area contributed by atoms with Gasteiger partial charge in [-0.25, -0.2) is 5.43 Å². The van der Waals surface area contributed by atoms with E-state index >= 15 is 0 Å². The van der Waals surface area contributed by atoms with E-state index in [0.717, 1.165) is 5.56 Å². The summed E-state index contributed by atoms with van der Waals surface area (Å²) in [6.07, 6.45) is 0.